The molecule has 0 bridgehead atoms. The number of anilines is 1. The highest BCUT2D eigenvalue weighted by molar-refractivity contribution is 6.00. The Hall–Kier alpha value is -3.55. The van der Waals surface area contributed by atoms with Gasteiger partial charge in [0.2, 0.25) is 29.5 Å². The first-order valence-electron chi connectivity index (χ1n) is 10.8. The Labute approximate surface area is 203 Å². The van der Waals surface area contributed by atoms with Crippen molar-refractivity contribution < 1.29 is 38.6 Å². The molecule has 35 heavy (non-hydrogen) atoms. The molecular weight excluding hydrogens is 462 g/mol. The van der Waals surface area contributed by atoms with Crippen LogP contribution < -0.4 is 27.0 Å². The van der Waals surface area contributed by atoms with Gasteiger partial charge >= 0.3 is 0 Å². The van der Waals surface area contributed by atoms with E-state index in [-0.39, 0.29) is 19.8 Å². The van der Waals surface area contributed by atoms with Gasteiger partial charge in [-0.3, -0.25) is 24.0 Å². The average Bonchev–Trinajstić information content (AvgIpc) is 2.81. The molecule has 5 amide bonds. The fourth-order valence-corrected chi connectivity index (χ4v) is 2.69. The standard InChI is InChI=1S/C22H33N5O8/c1-13(24-19(30)12-35-9-8-34-3)20(31)25-14(2)21(32)27-17(10-18(23)29)22(33)26-16-6-4-15(11-28)5-7-16/h4-7,13-14,17,28H,8-12H2,1-3H3,(H2,23,29)(H,24,30)(H,25,31)(H,26,33)(H,27,32)/t13-,14-,17-/m0/s1. The third kappa shape index (κ3) is 11.4. The number of aliphatic hydroxyl groups is 1. The number of hydrogen-bond acceptors (Lipinski definition) is 8. The summed E-state index contributed by atoms with van der Waals surface area (Å²) >= 11 is 0. The van der Waals surface area contributed by atoms with Crippen molar-refractivity contribution in [2.45, 2.75) is 45.0 Å². The predicted molar refractivity (Wildman–Crippen MR) is 125 cm³/mol. The number of aliphatic hydroxyl groups excluding tert-OH is 1. The first kappa shape index (κ1) is 29.5. The van der Waals surface area contributed by atoms with E-state index in [4.69, 9.17) is 20.3 Å². The van der Waals surface area contributed by atoms with Crippen molar-refractivity contribution in [1.82, 2.24) is 16.0 Å². The maximum Gasteiger partial charge on any atom is 0.247 e. The summed E-state index contributed by atoms with van der Waals surface area (Å²) in [5.74, 6) is -3.41. The number of benzene rings is 1. The Morgan fingerprint density at radius 1 is 0.914 bits per heavy atom. The molecule has 194 valence electrons. The number of nitrogens with one attached hydrogen (secondary N) is 4. The van der Waals surface area contributed by atoms with E-state index in [2.05, 4.69) is 21.3 Å². The monoisotopic (exact) mass is 495 g/mol. The molecule has 0 spiro atoms. The lowest BCUT2D eigenvalue weighted by Gasteiger charge is -2.22. The van der Waals surface area contributed by atoms with Gasteiger partial charge < -0.3 is 41.6 Å². The predicted octanol–water partition coefficient (Wildman–Crippen LogP) is -1.85. The van der Waals surface area contributed by atoms with E-state index in [1.54, 1.807) is 24.3 Å². The molecule has 0 aliphatic carbocycles. The highest BCUT2D eigenvalue weighted by Crippen LogP contribution is 2.10. The number of methoxy groups -OCH3 is 1. The number of carbonyl (C=O) groups is 5. The van der Waals surface area contributed by atoms with Crippen LogP contribution >= 0.6 is 0 Å². The fourth-order valence-electron chi connectivity index (χ4n) is 2.69. The summed E-state index contributed by atoms with van der Waals surface area (Å²) in [6.07, 6.45) is -0.470. The zero-order valence-corrected chi connectivity index (χ0v) is 20.0. The molecule has 0 radical (unpaired) electrons. The molecule has 0 fully saturated rings. The molecule has 7 N–H and O–H groups in total. The molecule has 13 nitrogen and oxygen atoms in total. The number of primary amides is 1. The van der Waals surface area contributed by atoms with Gasteiger partial charge in [0.1, 0.15) is 24.7 Å². The van der Waals surface area contributed by atoms with Crippen LogP contribution in [0.5, 0.6) is 0 Å². The van der Waals surface area contributed by atoms with Crippen molar-refractivity contribution in [2.75, 3.05) is 32.2 Å². The second-order valence-electron chi connectivity index (χ2n) is 7.64. The molecule has 0 aliphatic rings. The van der Waals surface area contributed by atoms with Crippen molar-refractivity contribution in [1.29, 1.82) is 0 Å². The first-order chi connectivity index (χ1) is 16.6. The zero-order valence-electron chi connectivity index (χ0n) is 20.0. The molecule has 13 heteroatoms. The Kier molecular flexibility index (Phi) is 12.9. The molecule has 1 aromatic rings. The number of amides is 5. The van der Waals surface area contributed by atoms with Crippen LogP contribution in [-0.2, 0) is 40.1 Å². The number of ether oxygens (including phenoxy) is 2. The lowest BCUT2D eigenvalue weighted by Crippen LogP contribution is -2.55. The van der Waals surface area contributed by atoms with Crippen LogP contribution in [0.3, 0.4) is 0 Å². The quantitative estimate of drug-likeness (QED) is 0.152. The highest BCUT2D eigenvalue weighted by atomic mass is 16.5. The Morgan fingerprint density at radius 2 is 1.51 bits per heavy atom. The van der Waals surface area contributed by atoms with Crippen molar-refractivity contribution in [3.63, 3.8) is 0 Å². The summed E-state index contributed by atoms with van der Waals surface area (Å²) in [7, 11) is 1.49. The molecule has 3 atom stereocenters. The van der Waals surface area contributed by atoms with Gasteiger partial charge in [0.15, 0.2) is 0 Å². The van der Waals surface area contributed by atoms with Crippen LogP contribution in [-0.4, -0.2) is 79.7 Å². The van der Waals surface area contributed by atoms with Crippen molar-refractivity contribution in [3.8, 4) is 0 Å². The number of nitrogens with two attached hydrogens (primary N) is 1. The SMILES string of the molecule is COCCOCC(=O)N[C@@H](C)C(=O)N[C@@H](C)C(=O)N[C@@H](CC(N)=O)C(=O)Nc1ccc(CO)cc1. The maximum absolute atomic E-state index is 12.6. The van der Waals surface area contributed by atoms with Gasteiger partial charge in [0.25, 0.3) is 0 Å². The molecule has 0 saturated heterocycles. The first-order valence-corrected chi connectivity index (χ1v) is 10.8. The largest absolute Gasteiger partial charge is 0.392 e. The van der Waals surface area contributed by atoms with E-state index in [0.717, 1.165) is 0 Å². The van der Waals surface area contributed by atoms with Crippen LogP contribution in [0.1, 0.15) is 25.8 Å². The third-order valence-electron chi connectivity index (χ3n) is 4.63. The number of rotatable bonds is 15. The van der Waals surface area contributed by atoms with Crippen LogP contribution in [0.15, 0.2) is 24.3 Å². The van der Waals surface area contributed by atoms with Gasteiger partial charge in [0, 0.05) is 12.8 Å². The topological polar surface area (TPSA) is 198 Å². The van der Waals surface area contributed by atoms with Crippen LogP contribution in [0, 0.1) is 0 Å². The summed E-state index contributed by atoms with van der Waals surface area (Å²) < 4.78 is 9.86. The molecule has 1 aromatic carbocycles. The molecule has 0 aliphatic heterocycles. The molecular formula is C22H33N5O8. The van der Waals surface area contributed by atoms with E-state index >= 15 is 0 Å². The zero-order chi connectivity index (χ0) is 26.4. The van der Waals surface area contributed by atoms with Gasteiger partial charge in [-0.1, -0.05) is 12.1 Å². The summed E-state index contributed by atoms with van der Waals surface area (Å²) in [6, 6.07) is 2.95. The summed E-state index contributed by atoms with van der Waals surface area (Å²) in [4.78, 5) is 60.7. The van der Waals surface area contributed by atoms with E-state index in [1.165, 1.54) is 21.0 Å². The van der Waals surface area contributed by atoms with E-state index < -0.39 is 54.1 Å². The minimum Gasteiger partial charge on any atom is -0.392 e. The Morgan fingerprint density at radius 3 is 2.09 bits per heavy atom. The lowest BCUT2D eigenvalue weighted by molar-refractivity contribution is -0.134. The van der Waals surface area contributed by atoms with E-state index in [9.17, 15) is 24.0 Å². The van der Waals surface area contributed by atoms with Crippen LogP contribution in [0.4, 0.5) is 5.69 Å². The normalized spacial score (nSPS) is 13.1. The molecule has 0 unspecified atom stereocenters. The number of hydrogen-bond donors (Lipinski definition) is 6. The average molecular weight is 496 g/mol. The molecule has 0 heterocycles. The van der Waals surface area contributed by atoms with Gasteiger partial charge in [-0.2, -0.15) is 0 Å². The van der Waals surface area contributed by atoms with Gasteiger partial charge in [-0.25, -0.2) is 0 Å². The minimum atomic E-state index is -1.29. The smallest absolute Gasteiger partial charge is 0.247 e. The van der Waals surface area contributed by atoms with Crippen LogP contribution in [0.25, 0.3) is 0 Å². The molecule has 1 rings (SSSR count). The Bertz CT molecular complexity index is 877. The third-order valence-corrected chi connectivity index (χ3v) is 4.63. The van der Waals surface area contributed by atoms with E-state index in [1.807, 2.05) is 0 Å². The maximum atomic E-state index is 12.6. The fraction of sp³-hybridized carbons (Fsp3) is 0.500. The van der Waals surface area contributed by atoms with E-state index in [0.29, 0.717) is 17.9 Å². The summed E-state index contributed by atoms with van der Waals surface area (Å²) in [5, 5.41) is 18.9. The second kappa shape index (κ2) is 15.4. The number of carbonyl (C=O) groups excluding carboxylic acids is 5. The van der Waals surface area contributed by atoms with Gasteiger partial charge in [-0.15, -0.1) is 0 Å². The minimum absolute atomic E-state index is 0.164. The summed E-state index contributed by atoms with van der Waals surface area (Å²) in [5.41, 5.74) is 6.23. The van der Waals surface area contributed by atoms with Gasteiger partial charge in [0.05, 0.1) is 26.2 Å². The summed E-state index contributed by atoms with van der Waals surface area (Å²) in [6.45, 7) is 2.92. The van der Waals surface area contributed by atoms with Gasteiger partial charge in [-0.05, 0) is 31.5 Å². The molecule has 0 aromatic heterocycles. The Balaban J connectivity index is 2.64. The van der Waals surface area contributed by atoms with Crippen molar-refractivity contribution >= 4 is 35.2 Å². The highest BCUT2D eigenvalue weighted by Gasteiger charge is 2.27. The lowest BCUT2D eigenvalue weighted by atomic mass is 10.1. The second-order valence-corrected chi connectivity index (χ2v) is 7.64. The molecule has 0 saturated carbocycles. The van der Waals surface area contributed by atoms with Crippen molar-refractivity contribution in [2.24, 2.45) is 5.73 Å². The van der Waals surface area contributed by atoms with Crippen LogP contribution in [0.2, 0.25) is 0 Å². The van der Waals surface area contributed by atoms with Crippen molar-refractivity contribution in [3.05, 3.63) is 29.8 Å².